The number of ether oxygens (including phenoxy) is 2. The minimum atomic E-state index is -4.64. The van der Waals surface area contributed by atoms with Crippen LogP contribution in [0.1, 0.15) is 17.3 Å². The number of nitro groups is 1. The summed E-state index contributed by atoms with van der Waals surface area (Å²) in [5.74, 6) is -1.63. The molecule has 21 heavy (non-hydrogen) atoms. The number of rotatable bonds is 5. The van der Waals surface area contributed by atoms with Crippen LogP contribution in [0.5, 0.6) is 5.75 Å². The van der Waals surface area contributed by atoms with Gasteiger partial charge in [0.1, 0.15) is 17.0 Å². The molecular weight excluding hydrogens is 297 g/mol. The number of carbonyl (C=O) groups excluding carboxylic acids is 1. The van der Waals surface area contributed by atoms with E-state index >= 15 is 0 Å². The molecule has 0 radical (unpaired) electrons. The van der Waals surface area contributed by atoms with Crippen LogP contribution in [-0.4, -0.2) is 30.3 Å². The van der Waals surface area contributed by atoms with Crippen LogP contribution in [0.3, 0.4) is 0 Å². The molecule has 1 aromatic rings. The summed E-state index contributed by atoms with van der Waals surface area (Å²) in [6.45, 7) is -0.294. The number of nitrogen functional groups attached to an aromatic ring is 1. The molecule has 10 heteroatoms. The van der Waals surface area contributed by atoms with E-state index in [0.717, 1.165) is 12.1 Å². The molecule has 0 unspecified atom stereocenters. The Labute approximate surface area is 116 Å². The van der Waals surface area contributed by atoms with Crippen LogP contribution in [0.2, 0.25) is 0 Å². The molecule has 0 fully saturated rings. The van der Waals surface area contributed by atoms with E-state index < -0.39 is 46.4 Å². The molecule has 2 N–H and O–H groups in total. The molecule has 0 aliphatic carbocycles. The van der Waals surface area contributed by atoms with Gasteiger partial charge in [0.25, 0.3) is 5.69 Å². The van der Waals surface area contributed by atoms with Gasteiger partial charge in [-0.05, 0) is 13.0 Å². The van der Waals surface area contributed by atoms with Gasteiger partial charge in [-0.1, -0.05) is 0 Å². The number of carbonyl (C=O) groups is 1. The number of nitrogens with two attached hydrogens (primary N) is 1. The second kappa shape index (κ2) is 6.29. The number of anilines is 1. The van der Waals surface area contributed by atoms with Crippen molar-refractivity contribution in [3.8, 4) is 5.75 Å². The van der Waals surface area contributed by atoms with Crippen molar-refractivity contribution in [3.63, 3.8) is 0 Å². The van der Waals surface area contributed by atoms with E-state index in [1.807, 2.05) is 0 Å². The lowest BCUT2D eigenvalue weighted by Crippen LogP contribution is -2.21. The van der Waals surface area contributed by atoms with Crippen LogP contribution < -0.4 is 10.5 Å². The van der Waals surface area contributed by atoms with E-state index in [0.29, 0.717) is 0 Å². The number of nitro benzene ring substituents is 1. The molecule has 1 rings (SSSR count). The van der Waals surface area contributed by atoms with Gasteiger partial charge in [-0.2, -0.15) is 13.2 Å². The fourth-order valence-electron chi connectivity index (χ4n) is 1.44. The van der Waals surface area contributed by atoms with Gasteiger partial charge in [-0.15, -0.1) is 0 Å². The maximum atomic E-state index is 12.1. The molecule has 0 amide bonds. The number of halogens is 3. The number of alkyl halides is 3. The van der Waals surface area contributed by atoms with Crippen molar-refractivity contribution < 1.29 is 32.4 Å². The lowest BCUT2D eigenvalue weighted by Gasteiger charge is -2.14. The monoisotopic (exact) mass is 308 g/mol. The van der Waals surface area contributed by atoms with Gasteiger partial charge in [0.05, 0.1) is 11.5 Å². The highest BCUT2D eigenvalue weighted by Gasteiger charge is 2.31. The van der Waals surface area contributed by atoms with Gasteiger partial charge in [0.15, 0.2) is 6.61 Å². The van der Waals surface area contributed by atoms with Crippen molar-refractivity contribution >= 4 is 17.3 Å². The van der Waals surface area contributed by atoms with Crippen LogP contribution in [-0.2, 0) is 4.74 Å². The maximum absolute atomic E-state index is 12.1. The van der Waals surface area contributed by atoms with Crippen LogP contribution in [0.4, 0.5) is 24.5 Å². The lowest BCUT2D eigenvalue weighted by atomic mass is 10.1. The van der Waals surface area contributed by atoms with Gasteiger partial charge in [0, 0.05) is 6.07 Å². The standard InChI is InChI=1S/C11H11F3N2O5/c1-2-20-10(17)8-7(21-5-11(12,13)14)4-3-6(9(8)15)16(18)19/h3-4H,2,5,15H2,1H3. The van der Waals surface area contributed by atoms with Crippen LogP contribution in [0, 0.1) is 10.1 Å². The fraction of sp³-hybridized carbons (Fsp3) is 0.364. The predicted molar refractivity (Wildman–Crippen MR) is 65.0 cm³/mol. The van der Waals surface area contributed by atoms with E-state index in [2.05, 4.69) is 9.47 Å². The molecular formula is C11H11F3N2O5. The highest BCUT2D eigenvalue weighted by atomic mass is 19.4. The Bertz CT molecular complexity index is 560. The largest absolute Gasteiger partial charge is 0.483 e. The van der Waals surface area contributed by atoms with E-state index in [9.17, 15) is 28.1 Å². The number of hydrogen-bond donors (Lipinski definition) is 1. The smallest absolute Gasteiger partial charge is 0.422 e. The first kappa shape index (κ1) is 16.5. The van der Waals surface area contributed by atoms with Crippen LogP contribution in [0.15, 0.2) is 12.1 Å². The average Bonchev–Trinajstić information content (AvgIpc) is 2.35. The van der Waals surface area contributed by atoms with Crippen LogP contribution in [0.25, 0.3) is 0 Å². The number of esters is 1. The molecule has 1 aromatic carbocycles. The lowest BCUT2D eigenvalue weighted by molar-refractivity contribution is -0.383. The van der Waals surface area contributed by atoms with Gasteiger partial charge in [0.2, 0.25) is 0 Å². The van der Waals surface area contributed by atoms with E-state index in [4.69, 9.17) is 5.73 Å². The molecule has 7 nitrogen and oxygen atoms in total. The minimum absolute atomic E-state index is 0.0837. The summed E-state index contributed by atoms with van der Waals surface area (Å²) < 4.78 is 45.5. The van der Waals surface area contributed by atoms with Crippen molar-refractivity contribution in [2.45, 2.75) is 13.1 Å². The van der Waals surface area contributed by atoms with Crippen molar-refractivity contribution in [2.24, 2.45) is 0 Å². The Hall–Kier alpha value is -2.52. The molecule has 0 atom stereocenters. The second-order valence-corrected chi connectivity index (χ2v) is 3.75. The SMILES string of the molecule is CCOC(=O)c1c(OCC(F)(F)F)ccc([N+](=O)[O-])c1N. The summed E-state index contributed by atoms with van der Waals surface area (Å²) in [4.78, 5) is 21.6. The molecule has 0 saturated carbocycles. The zero-order chi connectivity index (χ0) is 16.2. The van der Waals surface area contributed by atoms with Gasteiger partial charge >= 0.3 is 12.1 Å². The molecule has 0 saturated heterocycles. The highest BCUT2D eigenvalue weighted by Crippen LogP contribution is 2.34. The minimum Gasteiger partial charge on any atom is -0.483 e. The third kappa shape index (κ3) is 4.23. The fourth-order valence-corrected chi connectivity index (χ4v) is 1.44. The first-order valence-corrected chi connectivity index (χ1v) is 5.61. The van der Waals surface area contributed by atoms with E-state index in [1.54, 1.807) is 0 Å². The van der Waals surface area contributed by atoms with E-state index in [-0.39, 0.29) is 6.61 Å². The Morgan fingerprint density at radius 1 is 1.43 bits per heavy atom. The normalized spacial score (nSPS) is 11.0. The molecule has 0 aliphatic rings. The molecule has 0 aromatic heterocycles. The predicted octanol–water partition coefficient (Wildman–Crippen LogP) is 2.29. The molecule has 0 bridgehead atoms. The van der Waals surface area contributed by atoms with Gasteiger partial charge in [-0.3, -0.25) is 10.1 Å². The van der Waals surface area contributed by atoms with E-state index in [1.165, 1.54) is 6.92 Å². The van der Waals surface area contributed by atoms with Crippen molar-refractivity contribution in [2.75, 3.05) is 18.9 Å². The Morgan fingerprint density at radius 3 is 2.52 bits per heavy atom. The highest BCUT2D eigenvalue weighted by molar-refractivity contribution is 6.00. The quantitative estimate of drug-likeness (QED) is 0.387. The number of nitrogens with zero attached hydrogens (tertiary/aromatic N) is 1. The van der Waals surface area contributed by atoms with Gasteiger partial charge < -0.3 is 15.2 Å². The molecule has 0 heterocycles. The Morgan fingerprint density at radius 2 is 2.05 bits per heavy atom. The Balaban J connectivity index is 3.26. The summed E-state index contributed by atoms with van der Waals surface area (Å²) >= 11 is 0. The number of hydrogen-bond acceptors (Lipinski definition) is 6. The number of benzene rings is 1. The topological polar surface area (TPSA) is 105 Å². The third-order valence-corrected chi connectivity index (χ3v) is 2.25. The summed E-state index contributed by atoms with van der Waals surface area (Å²) in [5, 5.41) is 10.7. The summed E-state index contributed by atoms with van der Waals surface area (Å²) in [7, 11) is 0. The van der Waals surface area contributed by atoms with Crippen LogP contribution >= 0.6 is 0 Å². The van der Waals surface area contributed by atoms with Gasteiger partial charge in [-0.25, -0.2) is 4.79 Å². The second-order valence-electron chi connectivity index (χ2n) is 3.75. The molecule has 0 aliphatic heterocycles. The summed E-state index contributed by atoms with van der Waals surface area (Å²) in [5.41, 5.74) is 3.61. The summed E-state index contributed by atoms with van der Waals surface area (Å²) in [6, 6.07) is 1.72. The first-order chi connectivity index (χ1) is 9.67. The maximum Gasteiger partial charge on any atom is 0.422 e. The van der Waals surface area contributed by atoms with Crippen molar-refractivity contribution in [1.29, 1.82) is 0 Å². The first-order valence-electron chi connectivity index (χ1n) is 5.61. The van der Waals surface area contributed by atoms with Crippen molar-refractivity contribution in [3.05, 3.63) is 27.8 Å². The summed E-state index contributed by atoms with van der Waals surface area (Å²) in [6.07, 6.45) is -4.64. The Kier molecular flexibility index (Phi) is 4.95. The zero-order valence-electron chi connectivity index (χ0n) is 10.8. The molecule has 0 spiro atoms. The third-order valence-electron chi connectivity index (χ3n) is 2.25. The van der Waals surface area contributed by atoms with Crippen molar-refractivity contribution in [1.82, 2.24) is 0 Å². The average molecular weight is 308 g/mol. The zero-order valence-corrected chi connectivity index (χ0v) is 10.8. The molecule has 116 valence electrons.